The van der Waals surface area contributed by atoms with Crippen LogP contribution in [0.15, 0.2) is 63.0 Å². The molecule has 0 spiro atoms. The number of hydrogen-bond acceptors (Lipinski definition) is 8. The van der Waals surface area contributed by atoms with Crippen LogP contribution < -0.4 is 21.3 Å². The number of benzene rings is 2. The summed E-state index contributed by atoms with van der Waals surface area (Å²) in [5, 5.41) is 0. The van der Waals surface area contributed by atoms with Gasteiger partial charge in [0.05, 0.1) is 16.1 Å². The number of anilines is 2. The number of carbonyl (C=O) groups excluding carboxylic acids is 2. The number of sulfonamides is 1. The molecule has 0 saturated carbocycles. The van der Waals surface area contributed by atoms with Gasteiger partial charge in [0.25, 0.3) is 15.6 Å². The molecular weight excluding hydrogens is 488 g/mol. The number of aryl methyl sites for hydroxylation is 1. The molecule has 190 valence electrons. The van der Waals surface area contributed by atoms with Crippen molar-refractivity contribution in [3.63, 3.8) is 0 Å². The van der Waals surface area contributed by atoms with E-state index in [1.54, 1.807) is 44.2 Å². The van der Waals surface area contributed by atoms with Crippen molar-refractivity contribution in [3.8, 4) is 0 Å². The predicted octanol–water partition coefficient (Wildman–Crippen LogP) is 1.23. The summed E-state index contributed by atoms with van der Waals surface area (Å²) in [6.45, 7) is 2.62. The van der Waals surface area contributed by atoms with E-state index in [-0.39, 0.29) is 22.8 Å². The third-order valence-corrected chi connectivity index (χ3v) is 7.69. The van der Waals surface area contributed by atoms with Crippen molar-refractivity contribution < 1.29 is 22.7 Å². The third kappa shape index (κ3) is 4.80. The number of aromatic nitrogens is 2. The molecule has 2 aromatic carbocycles. The molecule has 2 N–H and O–H groups in total. The maximum atomic E-state index is 13.4. The molecule has 0 unspecified atom stereocenters. The number of nitrogen functional groups attached to an aromatic ring is 1. The number of carbonyl (C=O) groups is 2. The number of para-hydroxylation sites is 1. The Morgan fingerprint density at radius 2 is 1.67 bits per heavy atom. The number of ketones is 1. The Hall–Kier alpha value is -4.19. The van der Waals surface area contributed by atoms with Gasteiger partial charge in [-0.05, 0) is 43.7 Å². The molecule has 0 aliphatic heterocycles. The van der Waals surface area contributed by atoms with Crippen LogP contribution in [0.4, 0.5) is 11.5 Å². The van der Waals surface area contributed by atoms with Gasteiger partial charge in [-0.25, -0.2) is 18.0 Å². The molecule has 11 nitrogen and oxygen atoms in total. The van der Waals surface area contributed by atoms with Crippen molar-refractivity contribution >= 4 is 33.3 Å². The highest BCUT2D eigenvalue weighted by Gasteiger charge is 2.27. The largest absolute Gasteiger partial charge is 0.454 e. The summed E-state index contributed by atoms with van der Waals surface area (Å²) >= 11 is 0. The van der Waals surface area contributed by atoms with Crippen LogP contribution in [0.1, 0.15) is 33.2 Å². The minimum Gasteiger partial charge on any atom is -0.454 e. The van der Waals surface area contributed by atoms with Gasteiger partial charge in [0.15, 0.2) is 6.61 Å². The number of Topliss-reactive ketones (excluding diaryl/α,β-unsaturated/α-hetero) is 1. The smallest absolute Gasteiger partial charge is 0.338 e. The summed E-state index contributed by atoms with van der Waals surface area (Å²) in [7, 11) is -1.54. The Balaban J connectivity index is 1.88. The SMILES string of the molecule is CCN(c1ccccc1)S(=O)(=O)c1cc(C(=O)OCC(=O)c2c(N)n(C)c(=O)n(C)c2=O)ccc1C. The summed E-state index contributed by atoms with van der Waals surface area (Å²) in [6, 6.07) is 12.6. The highest BCUT2D eigenvalue weighted by Crippen LogP contribution is 2.26. The summed E-state index contributed by atoms with van der Waals surface area (Å²) in [5.41, 5.74) is 4.43. The molecule has 1 heterocycles. The normalized spacial score (nSPS) is 11.2. The van der Waals surface area contributed by atoms with Crippen LogP contribution in [-0.2, 0) is 28.9 Å². The minimum absolute atomic E-state index is 0.0925. The Morgan fingerprint density at radius 1 is 1.03 bits per heavy atom. The first-order chi connectivity index (χ1) is 16.9. The zero-order valence-electron chi connectivity index (χ0n) is 20.2. The molecule has 0 atom stereocenters. The zero-order chi connectivity index (χ0) is 26.8. The van der Waals surface area contributed by atoms with Crippen LogP contribution >= 0.6 is 0 Å². The number of rotatable bonds is 8. The van der Waals surface area contributed by atoms with Crippen LogP contribution in [0.5, 0.6) is 0 Å². The first kappa shape index (κ1) is 26.4. The molecule has 0 amide bonds. The molecule has 0 radical (unpaired) electrons. The van der Waals surface area contributed by atoms with E-state index in [9.17, 15) is 27.6 Å². The second kappa shape index (κ2) is 10.2. The topological polar surface area (TPSA) is 151 Å². The highest BCUT2D eigenvalue weighted by molar-refractivity contribution is 7.92. The van der Waals surface area contributed by atoms with E-state index in [1.807, 2.05) is 0 Å². The monoisotopic (exact) mass is 514 g/mol. The van der Waals surface area contributed by atoms with Crippen LogP contribution in [0, 0.1) is 6.92 Å². The van der Waals surface area contributed by atoms with E-state index in [4.69, 9.17) is 10.5 Å². The van der Waals surface area contributed by atoms with Gasteiger partial charge in [0.2, 0.25) is 5.78 Å². The second-order valence-corrected chi connectivity index (χ2v) is 9.78. The van der Waals surface area contributed by atoms with E-state index in [2.05, 4.69) is 0 Å². The van der Waals surface area contributed by atoms with Gasteiger partial charge >= 0.3 is 11.7 Å². The molecular formula is C24H26N4O7S. The lowest BCUT2D eigenvalue weighted by molar-refractivity contribution is 0.0474. The molecule has 0 bridgehead atoms. The van der Waals surface area contributed by atoms with Crippen LogP contribution in [0.2, 0.25) is 0 Å². The summed E-state index contributed by atoms with van der Waals surface area (Å²) in [6.07, 6.45) is 0. The number of esters is 1. The summed E-state index contributed by atoms with van der Waals surface area (Å²) in [4.78, 5) is 49.5. The average Bonchev–Trinajstić information content (AvgIpc) is 2.86. The molecule has 0 saturated heterocycles. The zero-order valence-corrected chi connectivity index (χ0v) is 21.0. The maximum absolute atomic E-state index is 13.4. The first-order valence-electron chi connectivity index (χ1n) is 10.9. The van der Waals surface area contributed by atoms with Crippen molar-refractivity contribution in [2.75, 3.05) is 23.2 Å². The molecule has 1 aromatic heterocycles. The van der Waals surface area contributed by atoms with Crippen LogP contribution in [-0.4, -0.2) is 42.5 Å². The average molecular weight is 515 g/mol. The Morgan fingerprint density at radius 3 is 2.28 bits per heavy atom. The van der Waals surface area contributed by atoms with Crippen LogP contribution in [0.3, 0.4) is 0 Å². The Kier molecular flexibility index (Phi) is 7.48. The van der Waals surface area contributed by atoms with Gasteiger partial charge in [0.1, 0.15) is 11.4 Å². The van der Waals surface area contributed by atoms with E-state index in [0.29, 0.717) is 11.3 Å². The van der Waals surface area contributed by atoms with E-state index in [0.717, 1.165) is 9.13 Å². The number of ether oxygens (including phenoxy) is 1. The van der Waals surface area contributed by atoms with Crippen molar-refractivity contribution in [2.45, 2.75) is 18.7 Å². The quantitative estimate of drug-likeness (QED) is 0.348. The van der Waals surface area contributed by atoms with Gasteiger partial charge in [0, 0.05) is 20.6 Å². The third-order valence-electron chi connectivity index (χ3n) is 5.65. The fourth-order valence-electron chi connectivity index (χ4n) is 3.62. The molecule has 0 aliphatic rings. The standard InChI is InChI=1S/C24H26N4O7S/c1-5-28(17-9-7-6-8-10-17)36(33,34)19-13-16(12-11-15(19)2)23(31)35-14-18(29)20-21(25)26(3)24(32)27(4)22(20)30/h6-13H,5,14,25H2,1-4H3. The van der Waals surface area contributed by atoms with Crippen molar-refractivity contribution in [1.29, 1.82) is 0 Å². The lowest BCUT2D eigenvalue weighted by Crippen LogP contribution is -2.42. The van der Waals surface area contributed by atoms with Gasteiger partial charge in [-0.1, -0.05) is 24.3 Å². The fraction of sp³-hybridized carbons (Fsp3) is 0.250. The fourth-order valence-corrected chi connectivity index (χ4v) is 5.35. The molecule has 3 aromatic rings. The van der Waals surface area contributed by atoms with Crippen LogP contribution in [0.25, 0.3) is 0 Å². The summed E-state index contributed by atoms with van der Waals surface area (Å²) < 4.78 is 34.8. The van der Waals surface area contributed by atoms with Crippen molar-refractivity contribution in [2.24, 2.45) is 14.1 Å². The highest BCUT2D eigenvalue weighted by atomic mass is 32.2. The number of nitrogens with two attached hydrogens (primary N) is 1. The lowest BCUT2D eigenvalue weighted by Gasteiger charge is -2.24. The van der Waals surface area contributed by atoms with Crippen molar-refractivity contribution in [3.05, 3.63) is 86.1 Å². The maximum Gasteiger partial charge on any atom is 0.338 e. The predicted molar refractivity (Wildman–Crippen MR) is 134 cm³/mol. The second-order valence-electron chi connectivity index (χ2n) is 7.95. The van der Waals surface area contributed by atoms with Gasteiger partial charge in [-0.3, -0.25) is 23.0 Å². The Labute approximate surface area is 207 Å². The first-order valence-corrected chi connectivity index (χ1v) is 12.3. The minimum atomic E-state index is -4.02. The molecule has 0 fully saturated rings. The molecule has 36 heavy (non-hydrogen) atoms. The Bertz CT molecular complexity index is 1560. The number of nitrogens with zero attached hydrogens (tertiary/aromatic N) is 3. The van der Waals surface area contributed by atoms with Gasteiger partial charge in [-0.2, -0.15) is 0 Å². The van der Waals surface area contributed by atoms with Crippen molar-refractivity contribution in [1.82, 2.24) is 9.13 Å². The number of hydrogen-bond donors (Lipinski definition) is 1. The summed E-state index contributed by atoms with van der Waals surface area (Å²) in [5.74, 6) is -2.23. The van der Waals surface area contributed by atoms with E-state index >= 15 is 0 Å². The van der Waals surface area contributed by atoms with E-state index < -0.39 is 45.2 Å². The van der Waals surface area contributed by atoms with E-state index in [1.165, 1.54) is 36.6 Å². The molecule has 3 rings (SSSR count). The van der Waals surface area contributed by atoms with Gasteiger partial charge in [-0.15, -0.1) is 0 Å². The van der Waals surface area contributed by atoms with Gasteiger partial charge < -0.3 is 10.5 Å². The lowest BCUT2D eigenvalue weighted by atomic mass is 10.1. The molecule has 0 aliphatic carbocycles. The molecule has 12 heteroatoms.